The Kier molecular flexibility index (Phi) is 1.18. The molecule has 64 valence electrons. The zero-order valence-corrected chi connectivity index (χ0v) is 7.88. The van der Waals surface area contributed by atoms with Gasteiger partial charge in [0.2, 0.25) is 0 Å². The summed E-state index contributed by atoms with van der Waals surface area (Å²) in [6.45, 7) is 4.63. The van der Waals surface area contributed by atoms with Gasteiger partial charge in [-0.2, -0.15) is 0 Å². The van der Waals surface area contributed by atoms with E-state index in [2.05, 4.69) is 26.0 Å². The van der Waals surface area contributed by atoms with Crippen LogP contribution in [-0.2, 0) is 0 Å². The van der Waals surface area contributed by atoms with E-state index in [-0.39, 0.29) is 0 Å². The summed E-state index contributed by atoms with van der Waals surface area (Å²) in [5.74, 6) is 3.80. The van der Waals surface area contributed by atoms with E-state index in [4.69, 9.17) is 0 Å². The Balaban J connectivity index is 1.99. The van der Waals surface area contributed by atoms with Crippen molar-refractivity contribution in [2.45, 2.75) is 26.7 Å². The summed E-state index contributed by atoms with van der Waals surface area (Å²) in [7, 11) is 0. The summed E-state index contributed by atoms with van der Waals surface area (Å²) in [6, 6.07) is 0. The normalized spacial score (nSPS) is 49.2. The van der Waals surface area contributed by atoms with E-state index in [0.29, 0.717) is 0 Å². The lowest BCUT2D eigenvalue weighted by Crippen LogP contribution is -2.15. The molecule has 0 aromatic rings. The minimum Gasteiger partial charge on any atom is -0.0816 e. The molecule has 3 aliphatic rings. The zero-order chi connectivity index (χ0) is 8.29. The molecule has 2 unspecified atom stereocenters. The van der Waals surface area contributed by atoms with E-state index >= 15 is 0 Å². The second kappa shape index (κ2) is 2.04. The first-order chi connectivity index (χ1) is 5.75. The first-order valence-electron chi connectivity index (χ1n) is 5.11. The first-order valence-corrected chi connectivity index (χ1v) is 5.11. The molecule has 0 aromatic heterocycles. The SMILES string of the molecule is CC1=CC2C(C1)[C@H]1C[C@@H]2C=C1C. The minimum absolute atomic E-state index is 0.914. The van der Waals surface area contributed by atoms with E-state index in [1.165, 1.54) is 12.8 Å². The monoisotopic (exact) mass is 160 g/mol. The van der Waals surface area contributed by atoms with Crippen molar-refractivity contribution in [1.82, 2.24) is 0 Å². The second-order valence-electron chi connectivity index (χ2n) is 4.88. The molecule has 0 nitrogen and oxygen atoms in total. The lowest BCUT2D eigenvalue weighted by atomic mass is 9.82. The maximum Gasteiger partial charge on any atom is -0.0130 e. The van der Waals surface area contributed by atoms with Crippen molar-refractivity contribution in [3.05, 3.63) is 23.3 Å². The molecule has 0 N–H and O–H groups in total. The molecule has 4 atom stereocenters. The fourth-order valence-electron chi connectivity index (χ4n) is 3.67. The van der Waals surface area contributed by atoms with Crippen LogP contribution in [0.25, 0.3) is 0 Å². The molecule has 1 fully saturated rings. The van der Waals surface area contributed by atoms with Gasteiger partial charge in [0.15, 0.2) is 0 Å². The lowest BCUT2D eigenvalue weighted by Gasteiger charge is -2.23. The molecule has 0 heterocycles. The Morgan fingerprint density at radius 1 is 1.25 bits per heavy atom. The molecular weight excluding hydrogens is 144 g/mol. The van der Waals surface area contributed by atoms with Crippen molar-refractivity contribution in [2.24, 2.45) is 23.7 Å². The smallest absolute Gasteiger partial charge is 0.0130 e. The predicted octanol–water partition coefficient (Wildman–Crippen LogP) is 3.16. The zero-order valence-electron chi connectivity index (χ0n) is 7.88. The predicted molar refractivity (Wildman–Crippen MR) is 50.7 cm³/mol. The van der Waals surface area contributed by atoms with Crippen LogP contribution in [0.15, 0.2) is 23.3 Å². The average molecular weight is 160 g/mol. The number of allylic oxidation sites excluding steroid dienone is 4. The van der Waals surface area contributed by atoms with Gasteiger partial charge in [-0.25, -0.2) is 0 Å². The highest BCUT2D eigenvalue weighted by Crippen LogP contribution is 2.56. The standard InChI is InChI=1S/C12H16/c1-7-3-11-9-5-8(2)10(6-9)12(11)4-7/h3,5,9-12H,4,6H2,1-2H3/t9-,10-,11?,12?/m0/s1. The molecule has 12 heavy (non-hydrogen) atoms. The summed E-state index contributed by atoms with van der Waals surface area (Å²) in [5, 5.41) is 0. The molecular formula is C12H16. The summed E-state index contributed by atoms with van der Waals surface area (Å²) >= 11 is 0. The van der Waals surface area contributed by atoms with Gasteiger partial charge in [-0.05, 0) is 50.4 Å². The average Bonchev–Trinajstić information content (AvgIpc) is 2.57. The topological polar surface area (TPSA) is 0 Å². The molecule has 0 saturated heterocycles. The van der Waals surface area contributed by atoms with E-state index in [9.17, 15) is 0 Å². The van der Waals surface area contributed by atoms with Gasteiger partial charge in [0, 0.05) is 0 Å². The fourth-order valence-corrected chi connectivity index (χ4v) is 3.67. The number of hydrogen-bond donors (Lipinski definition) is 0. The van der Waals surface area contributed by atoms with Gasteiger partial charge in [-0.3, -0.25) is 0 Å². The highest BCUT2D eigenvalue weighted by atomic mass is 14.5. The van der Waals surface area contributed by atoms with Crippen LogP contribution in [-0.4, -0.2) is 0 Å². The Morgan fingerprint density at radius 2 is 2.08 bits per heavy atom. The van der Waals surface area contributed by atoms with Crippen molar-refractivity contribution in [2.75, 3.05) is 0 Å². The molecule has 2 bridgehead atoms. The maximum absolute atomic E-state index is 2.54. The Morgan fingerprint density at radius 3 is 2.92 bits per heavy atom. The lowest BCUT2D eigenvalue weighted by molar-refractivity contribution is 0.381. The van der Waals surface area contributed by atoms with Crippen LogP contribution in [0.4, 0.5) is 0 Å². The number of rotatable bonds is 0. The van der Waals surface area contributed by atoms with Crippen LogP contribution in [0.3, 0.4) is 0 Å². The highest BCUT2D eigenvalue weighted by molar-refractivity contribution is 5.29. The van der Waals surface area contributed by atoms with Gasteiger partial charge in [0.1, 0.15) is 0 Å². The van der Waals surface area contributed by atoms with E-state index in [1.54, 1.807) is 11.1 Å². The van der Waals surface area contributed by atoms with Crippen LogP contribution in [0, 0.1) is 23.7 Å². The molecule has 0 aliphatic heterocycles. The van der Waals surface area contributed by atoms with Gasteiger partial charge in [-0.15, -0.1) is 0 Å². The van der Waals surface area contributed by atoms with Gasteiger partial charge >= 0.3 is 0 Å². The molecule has 0 spiro atoms. The van der Waals surface area contributed by atoms with Crippen LogP contribution in [0.5, 0.6) is 0 Å². The molecule has 0 radical (unpaired) electrons. The van der Waals surface area contributed by atoms with Crippen molar-refractivity contribution in [3.63, 3.8) is 0 Å². The number of hydrogen-bond acceptors (Lipinski definition) is 0. The van der Waals surface area contributed by atoms with Crippen molar-refractivity contribution >= 4 is 0 Å². The highest BCUT2D eigenvalue weighted by Gasteiger charge is 2.47. The van der Waals surface area contributed by atoms with E-state index in [1.807, 2.05) is 0 Å². The van der Waals surface area contributed by atoms with E-state index in [0.717, 1.165) is 23.7 Å². The van der Waals surface area contributed by atoms with Gasteiger partial charge in [0.05, 0.1) is 0 Å². The van der Waals surface area contributed by atoms with Crippen LogP contribution in [0.1, 0.15) is 26.7 Å². The molecule has 0 heteroatoms. The fraction of sp³-hybridized carbons (Fsp3) is 0.667. The van der Waals surface area contributed by atoms with Crippen LogP contribution < -0.4 is 0 Å². The third-order valence-electron chi connectivity index (χ3n) is 4.13. The van der Waals surface area contributed by atoms with Gasteiger partial charge in [-0.1, -0.05) is 23.3 Å². The summed E-state index contributed by atoms with van der Waals surface area (Å²) in [5.41, 5.74) is 3.33. The number of fused-ring (bicyclic) bond motifs is 5. The first kappa shape index (κ1) is 6.94. The summed E-state index contributed by atoms with van der Waals surface area (Å²) < 4.78 is 0. The van der Waals surface area contributed by atoms with E-state index < -0.39 is 0 Å². The van der Waals surface area contributed by atoms with Crippen LogP contribution in [0.2, 0.25) is 0 Å². The van der Waals surface area contributed by atoms with Gasteiger partial charge in [0.25, 0.3) is 0 Å². The molecule has 1 saturated carbocycles. The Labute approximate surface area is 74.4 Å². The Bertz CT molecular complexity index is 282. The summed E-state index contributed by atoms with van der Waals surface area (Å²) in [6.07, 6.45) is 7.92. The third kappa shape index (κ3) is 0.688. The molecule has 0 aromatic carbocycles. The van der Waals surface area contributed by atoms with Gasteiger partial charge < -0.3 is 0 Å². The summed E-state index contributed by atoms with van der Waals surface area (Å²) in [4.78, 5) is 0. The largest absolute Gasteiger partial charge is 0.0816 e. The second-order valence-corrected chi connectivity index (χ2v) is 4.88. The van der Waals surface area contributed by atoms with Crippen molar-refractivity contribution in [1.29, 1.82) is 0 Å². The molecule has 3 rings (SSSR count). The molecule has 3 aliphatic carbocycles. The van der Waals surface area contributed by atoms with Crippen LogP contribution >= 0.6 is 0 Å². The maximum atomic E-state index is 2.54. The quantitative estimate of drug-likeness (QED) is 0.477. The minimum atomic E-state index is 0.914. The third-order valence-corrected chi connectivity index (χ3v) is 4.13. The molecule has 0 amide bonds. The Hall–Kier alpha value is -0.520. The van der Waals surface area contributed by atoms with Crippen molar-refractivity contribution < 1.29 is 0 Å². The van der Waals surface area contributed by atoms with Crippen molar-refractivity contribution in [3.8, 4) is 0 Å².